The van der Waals surface area contributed by atoms with E-state index in [2.05, 4.69) is 35.4 Å². The van der Waals surface area contributed by atoms with E-state index in [0.717, 1.165) is 31.6 Å². The van der Waals surface area contributed by atoms with Crippen LogP contribution in [0, 0.1) is 0 Å². The first-order chi connectivity index (χ1) is 7.43. The van der Waals surface area contributed by atoms with E-state index in [1.807, 2.05) is 18.3 Å². The lowest BCUT2D eigenvalue weighted by molar-refractivity contribution is 0.678. The number of allylic oxidation sites excluding steroid dienone is 1. The molecule has 82 valence electrons. The molecule has 0 aromatic carbocycles. The Morgan fingerprint density at radius 2 is 2.20 bits per heavy atom. The topological polar surface area (TPSA) is 24.9 Å². The van der Waals surface area contributed by atoms with Crippen molar-refractivity contribution in [2.75, 3.05) is 13.1 Å². The van der Waals surface area contributed by atoms with E-state index in [-0.39, 0.29) is 0 Å². The normalized spacial score (nSPS) is 11.0. The number of aromatic nitrogens is 1. The van der Waals surface area contributed by atoms with Crippen LogP contribution in [0.1, 0.15) is 25.5 Å². The highest BCUT2D eigenvalue weighted by atomic mass is 14.8. The molecule has 0 saturated carbocycles. The van der Waals surface area contributed by atoms with Crippen LogP contribution in [0.15, 0.2) is 36.5 Å². The fraction of sp³-hybridized carbons (Fsp3) is 0.462. The Morgan fingerprint density at radius 3 is 2.93 bits per heavy atom. The van der Waals surface area contributed by atoms with Gasteiger partial charge in [-0.2, -0.15) is 0 Å². The van der Waals surface area contributed by atoms with Crippen molar-refractivity contribution in [2.45, 2.75) is 26.2 Å². The number of nitrogens with zero attached hydrogens (tertiary/aromatic N) is 1. The molecule has 0 fully saturated rings. The van der Waals surface area contributed by atoms with Crippen molar-refractivity contribution in [3.63, 3.8) is 0 Å². The summed E-state index contributed by atoms with van der Waals surface area (Å²) in [5, 5.41) is 3.37. The predicted molar refractivity (Wildman–Crippen MR) is 64.9 cm³/mol. The second kappa shape index (κ2) is 8.18. The molecule has 1 rings (SSSR count). The van der Waals surface area contributed by atoms with Crippen LogP contribution in [0.2, 0.25) is 0 Å². The molecule has 0 unspecified atom stereocenters. The third-order valence-corrected chi connectivity index (χ3v) is 2.13. The highest BCUT2D eigenvalue weighted by Gasteiger charge is 1.87. The first-order valence-electron chi connectivity index (χ1n) is 5.69. The fourth-order valence-corrected chi connectivity index (χ4v) is 1.33. The van der Waals surface area contributed by atoms with Crippen LogP contribution in [-0.4, -0.2) is 18.1 Å². The van der Waals surface area contributed by atoms with Crippen molar-refractivity contribution < 1.29 is 0 Å². The summed E-state index contributed by atoms with van der Waals surface area (Å²) < 4.78 is 0. The third-order valence-electron chi connectivity index (χ3n) is 2.13. The maximum absolute atomic E-state index is 4.26. The Labute approximate surface area is 92.4 Å². The second-order valence-corrected chi connectivity index (χ2v) is 3.54. The van der Waals surface area contributed by atoms with Gasteiger partial charge < -0.3 is 5.32 Å². The minimum absolute atomic E-state index is 0.939. The smallest absolute Gasteiger partial charge is 0.0441 e. The highest BCUT2D eigenvalue weighted by Crippen LogP contribution is 1.95. The van der Waals surface area contributed by atoms with Crippen LogP contribution in [-0.2, 0) is 6.42 Å². The molecule has 1 N–H and O–H groups in total. The van der Waals surface area contributed by atoms with E-state index in [4.69, 9.17) is 0 Å². The molecule has 0 bridgehead atoms. The summed E-state index contributed by atoms with van der Waals surface area (Å²) in [7, 11) is 0. The van der Waals surface area contributed by atoms with Gasteiger partial charge in [-0.15, -0.1) is 0 Å². The summed E-state index contributed by atoms with van der Waals surface area (Å²) in [5.74, 6) is 0. The van der Waals surface area contributed by atoms with Gasteiger partial charge in [0.2, 0.25) is 0 Å². The highest BCUT2D eigenvalue weighted by molar-refractivity contribution is 5.07. The van der Waals surface area contributed by atoms with Crippen molar-refractivity contribution in [1.29, 1.82) is 0 Å². The standard InChI is InChI=1S/C13H20N2/c1-2-10-14-11-6-3-4-8-13-9-5-7-12-15-13/h3-5,7,9,12,14H,2,6,8,10-11H2,1H3. The molecule has 0 aliphatic heterocycles. The molecule has 1 aromatic heterocycles. The molecular formula is C13H20N2. The number of hydrogen-bond acceptors (Lipinski definition) is 2. The maximum atomic E-state index is 4.26. The molecule has 1 heterocycles. The Morgan fingerprint density at radius 1 is 1.27 bits per heavy atom. The zero-order chi connectivity index (χ0) is 10.8. The van der Waals surface area contributed by atoms with E-state index in [9.17, 15) is 0 Å². The average molecular weight is 204 g/mol. The van der Waals surface area contributed by atoms with E-state index in [0.29, 0.717) is 0 Å². The van der Waals surface area contributed by atoms with Crippen molar-refractivity contribution in [2.24, 2.45) is 0 Å². The van der Waals surface area contributed by atoms with E-state index in [1.165, 1.54) is 6.42 Å². The molecule has 2 heteroatoms. The van der Waals surface area contributed by atoms with Crippen molar-refractivity contribution in [3.8, 4) is 0 Å². The third kappa shape index (κ3) is 6.02. The van der Waals surface area contributed by atoms with Crippen molar-refractivity contribution >= 4 is 0 Å². The monoisotopic (exact) mass is 204 g/mol. The summed E-state index contributed by atoms with van der Waals surface area (Å²) in [6.07, 6.45) is 9.50. The Hall–Kier alpha value is -1.15. The van der Waals surface area contributed by atoms with Gasteiger partial charge in [-0.3, -0.25) is 4.98 Å². The lowest BCUT2D eigenvalue weighted by Crippen LogP contribution is -2.15. The van der Waals surface area contributed by atoms with Crippen LogP contribution in [0.25, 0.3) is 0 Å². The molecule has 1 aromatic rings. The first-order valence-corrected chi connectivity index (χ1v) is 5.69. The summed E-state index contributed by atoms with van der Waals surface area (Å²) in [4.78, 5) is 4.26. The van der Waals surface area contributed by atoms with Crippen LogP contribution < -0.4 is 5.32 Å². The molecule has 2 nitrogen and oxygen atoms in total. The molecule has 0 aliphatic carbocycles. The summed E-state index contributed by atoms with van der Waals surface area (Å²) in [6.45, 7) is 4.38. The van der Waals surface area contributed by atoms with Gasteiger partial charge in [-0.05, 0) is 38.1 Å². The largest absolute Gasteiger partial charge is 0.316 e. The lowest BCUT2D eigenvalue weighted by atomic mass is 10.2. The zero-order valence-electron chi connectivity index (χ0n) is 9.45. The quantitative estimate of drug-likeness (QED) is 0.545. The minimum atomic E-state index is 0.939. The molecule has 0 radical (unpaired) electrons. The van der Waals surface area contributed by atoms with Gasteiger partial charge in [-0.25, -0.2) is 0 Å². The van der Waals surface area contributed by atoms with Crippen LogP contribution >= 0.6 is 0 Å². The van der Waals surface area contributed by atoms with E-state index < -0.39 is 0 Å². The Balaban J connectivity index is 2.07. The minimum Gasteiger partial charge on any atom is -0.316 e. The second-order valence-electron chi connectivity index (χ2n) is 3.54. The van der Waals surface area contributed by atoms with Gasteiger partial charge in [0.1, 0.15) is 0 Å². The van der Waals surface area contributed by atoms with E-state index in [1.54, 1.807) is 0 Å². The summed E-state index contributed by atoms with van der Waals surface area (Å²) in [6, 6.07) is 6.03. The first kappa shape index (κ1) is 11.9. The van der Waals surface area contributed by atoms with Crippen LogP contribution in [0.3, 0.4) is 0 Å². The van der Waals surface area contributed by atoms with Crippen LogP contribution in [0.5, 0.6) is 0 Å². The molecule has 0 spiro atoms. The average Bonchev–Trinajstić information content (AvgIpc) is 2.29. The Kier molecular flexibility index (Phi) is 6.50. The molecule has 0 amide bonds. The van der Waals surface area contributed by atoms with E-state index >= 15 is 0 Å². The SMILES string of the molecule is CCCNCCC=CCc1ccccn1. The number of hydrogen-bond donors (Lipinski definition) is 1. The fourth-order valence-electron chi connectivity index (χ4n) is 1.33. The molecule has 0 saturated heterocycles. The van der Waals surface area contributed by atoms with Crippen molar-refractivity contribution in [1.82, 2.24) is 10.3 Å². The van der Waals surface area contributed by atoms with Crippen LogP contribution in [0.4, 0.5) is 0 Å². The Bertz CT molecular complexity index is 267. The molecular weight excluding hydrogens is 184 g/mol. The molecule has 0 atom stereocenters. The van der Waals surface area contributed by atoms with Gasteiger partial charge in [0.15, 0.2) is 0 Å². The van der Waals surface area contributed by atoms with Gasteiger partial charge in [-0.1, -0.05) is 25.1 Å². The summed E-state index contributed by atoms with van der Waals surface area (Å²) >= 11 is 0. The number of pyridine rings is 1. The van der Waals surface area contributed by atoms with Gasteiger partial charge >= 0.3 is 0 Å². The van der Waals surface area contributed by atoms with Crippen molar-refractivity contribution in [3.05, 3.63) is 42.2 Å². The maximum Gasteiger partial charge on any atom is 0.0441 e. The predicted octanol–water partition coefficient (Wildman–Crippen LogP) is 2.57. The van der Waals surface area contributed by atoms with Gasteiger partial charge in [0.25, 0.3) is 0 Å². The number of rotatable bonds is 7. The summed E-state index contributed by atoms with van der Waals surface area (Å²) in [5.41, 5.74) is 1.13. The van der Waals surface area contributed by atoms with Gasteiger partial charge in [0, 0.05) is 18.3 Å². The van der Waals surface area contributed by atoms with Gasteiger partial charge in [0.05, 0.1) is 0 Å². The molecule has 15 heavy (non-hydrogen) atoms. The number of nitrogens with one attached hydrogen (secondary N) is 1. The lowest BCUT2D eigenvalue weighted by Gasteiger charge is -1.98. The zero-order valence-corrected chi connectivity index (χ0v) is 9.45. The molecule has 0 aliphatic rings.